The monoisotopic (exact) mass is 514 g/mol. The Morgan fingerprint density at radius 1 is 0.684 bits per heavy atom. The van der Waals surface area contributed by atoms with Crippen molar-refractivity contribution in [2.75, 3.05) is 0 Å². The van der Waals surface area contributed by atoms with E-state index in [1.165, 1.54) is 13.8 Å². The lowest BCUT2D eigenvalue weighted by Crippen LogP contribution is -2.30. The summed E-state index contributed by atoms with van der Waals surface area (Å²) in [6, 6.07) is 0. The Kier molecular flexibility index (Phi) is 6.66. The molecule has 0 rings (SSSR count). The first kappa shape index (κ1) is 19.5. The molecule has 2 atom stereocenters. The fourth-order valence-electron chi connectivity index (χ4n) is 0.945. The van der Waals surface area contributed by atoms with E-state index in [2.05, 4.69) is 0 Å². The Morgan fingerprint density at radius 3 is 1.16 bits per heavy atom. The molecule has 0 amide bonds. The number of hydrogen-bond donors (Lipinski definition) is 0. The van der Waals surface area contributed by atoms with Gasteiger partial charge in [-0.3, -0.25) is 0 Å². The molecule has 0 aromatic rings. The van der Waals surface area contributed by atoms with Gasteiger partial charge in [0.15, 0.2) is 0 Å². The molecule has 0 N–H and O–H groups in total. The predicted octanol–water partition coefficient (Wildman–Crippen LogP) is 5.54. The average molecular weight is 514 g/mol. The van der Waals surface area contributed by atoms with Crippen LogP contribution >= 0.6 is 45.2 Å². The van der Waals surface area contributed by atoms with Gasteiger partial charge in [-0.2, -0.15) is 26.3 Å². The van der Waals surface area contributed by atoms with Gasteiger partial charge in [0.2, 0.25) is 0 Å². The zero-order chi connectivity index (χ0) is 15.5. The molecule has 0 heterocycles. The van der Waals surface area contributed by atoms with Crippen molar-refractivity contribution in [2.45, 2.75) is 33.4 Å². The zero-order valence-corrected chi connectivity index (χ0v) is 14.1. The lowest BCUT2D eigenvalue weighted by atomic mass is 10.3. The fraction of sp³-hybridized carbons (Fsp3) is 0.600. The number of alkyl halides is 8. The molecule has 0 radical (unpaired) electrons. The van der Waals surface area contributed by atoms with E-state index in [4.69, 9.17) is 4.74 Å². The molecule has 112 valence electrons. The maximum atomic E-state index is 12.0. The quantitative estimate of drug-likeness (QED) is 0.207. The summed E-state index contributed by atoms with van der Waals surface area (Å²) in [5.74, 6) is 0. The van der Waals surface area contributed by atoms with Crippen LogP contribution in [0.5, 0.6) is 0 Å². The van der Waals surface area contributed by atoms with Crippen molar-refractivity contribution in [2.24, 2.45) is 0 Å². The van der Waals surface area contributed by atoms with Crippen LogP contribution in [0.2, 0.25) is 0 Å². The van der Waals surface area contributed by atoms with Crippen molar-refractivity contribution in [3.63, 3.8) is 0 Å². The maximum Gasteiger partial charge on any atom is 0.409 e. The van der Waals surface area contributed by atoms with Crippen molar-refractivity contribution < 1.29 is 31.1 Å². The Bertz CT molecular complexity index is 320. The van der Waals surface area contributed by atoms with Gasteiger partial charge in [0.25, 0.3) is 0 Å². The second kappa shape index (κ2) is 6.50. The number of hydrogen-bond acceptors (Lipinski definition) is 1. The van der Waals surface area contributed by atoms with Crippen LogP contribution in [0.4, 0.5) is 26.3 Å². The van der Waals surface area contributed by atoms with Crippen LogP contribution in [0.15, 0.2) is 24.3 Å². The molecule has 0 saturated heterocycles. The highest BCUT2D eigenvalue weighted by Gasteiger charge is 2.32. The van der Waals surface area contributed by atoms with Crippen LogP contribution in [0.1, 0.15) is 13.8 Å². The van der Waals surface area contributed by atoms with Crippen LogP contribution in [0.3, 0.4) is 0 Å². The second-order valence-corrected chi connectivity index (χ2v) is 8.11. The van der Waals surface area contributed by atoms with Gasteiger partial charge in [0.1, 0.15) is 7.22 Å². The summed E-state index contributed by atoms with van der Waals surface area (Å²) in [6.45, 7) is 2.63. The lowest BCUT2D eigenvalue weighted by Gasteiger charge is -2.29. The van der Waals surface area contributed by atoms with Crippen LogP contribution in [0, 0.1) is 0 Å². The molecule has 0 aliphatic carbocycles. The van der Waals surface area contributed by atoms with E-state index in [9.17, 15) is 26.3 Å². The van der Waals surface area contributed by atoms with Crippen LogP contribution in [-0.2, 0) is 4.74 Å². The van der Waals surface area contributed by atoms with Gasteiger partial charge in [-0.25, -0.2) is 0 Å². The first-order valence-electron chi connectivity index (χ1n) is 4.74. The summed E-state index contributed by atoms with van der Waals surface area (Å²) in [5, 5.41) is 0. The predicted molar refractivity (Wildman–Crippen MR) is 76.3 cm³/mol. The van der Waals surface area contributed by atoms with Crippen molar-refractivity contribution >= 4 is 45.2 Å². The number of allylic oxidation sites excluding steroid dienone is 2. The molecule has 0 aliphatic heterocycles. The Labute approximate surface area is 133 Å². The molecule has 0 aromatic heterocycles. The van der Waals surface area contributed by atoms with E-state index in [1.807, 2.05) is 0 Å². The van der Waals surface area contributed by atoms with E-state index in [1.54, 1.807) is 45.2 Å². The SMILES string of the molecule is CC(I)(C=CC(F)(F)F)OC(C)(I)C=CC(F)(F)F. The molecule has 0 saturated carbocycles. The van der Waals surface area contributed by atoms with Crippen LogP contribution in [0.25, 0.3) is 0 Å². The molecule has 0 aliphatic rings. The van der Waals surface area contributed by atoms with Gasteiger partial charge in [-0.05, 0) is 71.2 Å². The van der Waals surface area contributed by atoms with Crippen molar-refractivity contribution in [3.05, 3.63) is 24.3 Å². The Hall–Kier alpha value is 0.480. The highest BCUT2D eigenvalue weighted by atomic mass is 127. The summed E-state index contributed by atoms with van der Waals surface area (Å²) in [5.41, 5.74) is 0. The van der Waals surface area contributed by atoms with E-state index in [0.29, 0.717) is 0 Å². The topological polar surface area (TPSA) is 9.23 Å². The molecular weight excluding hydrogens is 504 g/mol. The highest BCUT2D eigenvalue weighted by molar-refractivity contribution is 14.1. The van der Waals surface area contributed by atoms with Crippen molar-refractivity contribution in [1.82, 2.24) is 0 Å². The molecule has 2 unspecified atom stereocenters. The molecular formula is C10H10F6I2O. The largest absolute Gasteiger partial charge is 0.409 e. The summed E-state index contributed by atoms with van der Waals surface area (Å²) in [6.07, 6.45) is -7.55. The Morgan fingerprint density at radius 2 is 0.947 bits per heavy atom. The second-order valence-electron chi connectivity index (χ2n) is 3.82. The van der Waals surface area contributed by atoms with Crippen molar-refractivity contribution in [3.8, 4) is 0 Å². The molecule has 0 bridgehead atoms. The van der Waals surface area contributed by atoms with Gasteiger partial charge >= 0.3 is 12.4 Å². The number of halogens is 8. The molecule has 9 heteroatoms. The standard InChI is InChI=1S/C10H10F6I2O/c1-7(17,3-5-9(11,12)13)19-8(2,18)4-6-10(14,15)16/h3-6H,1-2H3. The lowest BCUT2D eigenvalue weighted by molar-refractivity contribution is -0.0815. The van der Waals surface area contributed by atoms with Gasteiger partial charge < -0.3 is 4.74 Å². The first-order chi connectivity index (χ1) is 8.12. The molecule has 1 nitrogen and oxygen atoms in total. The third kappa shape index (κ3) is 12.0. The fourth-order valence-corrected chi connectivity index (χ4v) is 2.64. The summed E-state index contributed by atoms with van der Waals surface area (Å²) < 4.78 is 74.5. The Balaban J connectivity index is 4.82. The van der Waals surface area contributed by atoms with E-state index < -0.39 is 19.6 Å². The molecule has 0 fully saturated rings. The minimum absolute atomic E-state index is 0.0143. The number of ether oxygens (including phenoxy) is 1. The third-order valence-corrected chi connectivity index (χ3v) is 2.70. The smallest absolute Gasteiger partial charge is 0.341 e. The molecule has 0 spiro atoms. The minimum atomic E-state index is -4.50. The van der Waals surface area contributed by atoms with Gasteiger partial charge in [0.05, 0.1) is 0 Å². The zero-order valence-electron chi connectivity index (χ0n) is 9.74. The molecule has 0 aromatic carbocycles. The van der Waals surface area contributed by atoms with Crippen LogP contribution < -0.4 is 0 Å². The third-order valence-electron chi connectivity index (χ3n) is 1.54. The highest BCUT2D eigenvalue weighted by Crippen LogP contribution is 2.35. The first-order valence-corrected chi connectivity index (χ1v) is 6.90. The summed E-state index contributed by atoms with van der Waals surface area (Å²) >= 11 is 3.15. The van der Waals surface area contributed by atoms with Gasteiger partial charge in [-0.15, -0.1) is 0 Å². The van der Waals surface area contributed by atoms with Gasteiger partial charge in [0, 0.05) is 12.2 Å². The minimum Gasteiger partial charge on any atom is -0.341 e. The van der Waals surface area contributed by atoms with Crippen LogP contribution in [-0.4, -0.2) is 19.6 Å². The van der Waals surface area contributed by atoms with E-state index in [-0.39, 0.29) is 12.2 Å². The van der Waals surface area contributed by atoms with E-state index >= 15 is 0 Å². The average Bonchev–Trinajstić information content (AvgIpc) is 2.09. The van der Waals surface area contributed by atoms with Crippen molar-refractivity contribution in [1.29, 1.82) is 0 Å². The molecule has 19 heavy (non-hydrogen) atoms. The summed E-state index contributed by atoms with van der Waals surface area (Å²) in [4.78, 5) is 0. The number of rotatable bonds is 4. The summed E-state index contributed by atoms with van der Waals surface area (Å²) in [7, 11) is 0. The normalized spacial score (nSPS) is 20.7. The maximum absolute atomic E-state index is 12.0. The van der Waals surface area contributed by atoms with E-state index in [0.717, 1.165) is 12.2 Å². The van der Waals surface area contributed by atoms with Gasteiger partial charge in [-0.1, -0.05) is 0 Å².